The van der Waals surface area contributed by atoms with Crippen molar-refractivity contribution in [2.24, 2.45) is 17.6 Å². The molecule has 2 aliphatic rings. The number of nitrogens with two attached hydrogens (primary N) is 1. The first-order valence-corrected chi connectivity index (χ1v) is 10.1. The van der Waals surface area contributed by atoms with Crippen LogP contribution in [0.1, 0.15) is 19.3 Å². The highest BCUT2D eigenvalue weighted by Crippen LogP contribution is 2.32. The van der Waals surface area contributed by atoms with E-state index in [-0.39, 0.29) is 23.7 Å². The van der Waals surface area contributed by atoms with Crippen molar-refractivity contribution in [1.82, 2.24) is 9.47 Å². The zero-order chi connectivity index (χ0) is 19.5. The van der Waals surface area contributed by atoms with Crippen LogP contribution in [-0.4, -0.2) is 54.1 Å². The second-order valence-electron chi connectivity index (χ2n) is 7.73. The molecule has 0 bridgehead atoms. The van der Waals surface area contributed by atoms with E-state index >= 15 is 0 Å². The number of benzene rings is 1. The van der Waals surface area contributed by atoms with Crippen LogP contribution in [0.15, 0.2) is 30.5 Å². The summed E-state index contributed by atoms with van der Waals surface area (Å²) in [6.07, 6.45) is 4.94. The number of nitrogens with zero attached hydrogens (tertiary/aromatic N) is 2. The van der Waals surface area contributed by atoms with Crippen LogP contribution in [0.2, 0.25) is 0 Å². The number of hydrogen-bond acceptors (Lipinski definition) is 4. The van der Waals surface area contributed by atoms with Gasteiger partial charge >= 0.3 is 0 Å². The summed E-state index contributed by atoms with van der Waals surface area (Å²) < 4.78 is 7.27. The molecule has 0 radical (unpaired) electrons. The quantitative estimate of drug-likeness (QED) is 0.823. The topological polar surface area (TPSA) is 89.6 Å². The van der Waals surface area contributed by atoms with Crippen molar-refractivity contribution in [3.05, 3.63) is 30.5 Å². The van der Waals surface area contributed by atoms with Crippen molar-refractivity contribution < 1.29 is 14.3 Å². The molecule has 1 aromatic carbocycles. The number of carbonyl (C=O) groups is 2. The van der Waals surface area contributed by atoms with Gasteiger partial charge in [-0.05, 0) is 49.6 Å². The molecule has 4 rings (SSSR count). The molecule has 2 aromatic rings. The molecule has 150 valence electrons. The molecule has 2 amide bonds. The van der Waals surface area contributed by atoms with E-state index in [0.29, 0.717) is 39.4 Å². The summed E-state index contributed by atoms with van der Waals surface area (Å²) in [5, 5.41) is 4.06. The number of anilines is 1. The minimum absolute atomic E-state index is 0.0106. The Labute approximate surface area is 164 Å². The zero-order valence-corrected chi connectivity index (χ0v) is 16.1. The van der Waals surface area contributed by atoms with E-state index in [2.05, 4.69) is 5.32 Å². The average molecular weight is 384 g/mol. The fourth-order valence-electron chi connectivity index (χ4n) is 4.37. The van der Waals surface area contributed by atoms with Crippen molar-refractivity contribution in [3.8, 4) is 0 Å². The fraction of sp³-hybridized carbons (Fsp3) is 0.524. The zero-order valence-electron chi connectivity index (χ0n) is 16.1. The molecule has 3 N–H and O–H groups in total. The predicted octanol–water partition coefficient (Wildman–Crippen LogP) is 1.81. The van der Waals surface area contributed by atoms with E-state index in [0.717, 1.165) is 35.9 Å². The highest BCUT2D eigenvalue weighted by atomic mass is 16.5. The molecule has 1 aliphatic carbocycles. The third kappa shape index (κ3) is 3.91. The summed E-state index contributed by atoms with van der Waals surface area (Å²) in [6.45, 7) is 3.39. The second kappa shape index (κ2) is 8.32. The van der Waals surface area contributed by atoms with Gasteiger partial charge in [-0.25, -0.2) is 0 Å². The second-order valence-corrected chi connectivity index (χ2v) is 7.73. The number of carbonyl (C=O) groups excluding carboxylic acids is 2. The van der Waals surface area contributed by atoms with E-state index in [4.69, 9.17) is 10.5 Å². The Balaban J connectivity index is 1.44. The minimum Gasteiger partial charge on any atom is -0.378 e. The summed E-state index contributed by atoms with van der Waals surface area (Å²) in [6, 6.07) is 7.82. The first-order chi connectivity index (χ1) is 13.7. The van der Waals surface area contributed by atoms with E-state index in [9.17, 15) is 9.59 Å². The Morgan fingerprint density at radius 2 is 2.00 bits per heavy atom. The molecule has 2 heterocycles. The number of rotatable bonds is 5. The summed E-state index contributed by atoms with van der Waals surface area (Å²) in [5.41, 5.74) is 7.58. The van der Waals surface area contributed by atoms with Crippen LogP contribution in [-0.2, 0) is 20.9 Å². The van der Waals surface area contributed by atoms with Crippen LogP contribution < -0.4 is 11.1 Å². The maximum atomic E-state index is 12.6. The van der Waals surface area contributed by atoms with E-state index < -0.39 is 0 Å². The van der Waals surface area contributed by atoms with Crippen LogP contribution in [0, 0.1) is 11.8 Å². The van der Waals surface area contributed by atoms with Gasteiger partial charge in [-0.2, -0.15) is 0 Å². The van der Waals surface area contributed by atoms with Gasteiger partial charge in [-0.1, -0.05) is 6.42 Å². The number of ether oxygens (including phenoxy) is 1. The Morgan fingerprint density at radius 3 is 2.79 bits per heavy atom. The van der Waals surface area contributed by atoms with E-state index in [1.165, 1.54) is 0 Å². The highest BCUT2D eigenvalue weighted by molar-refractivity contribution is 5.95. The van der Waals surface area contributed by atoms with Crippen LogP contribution in [0.4, 0.5) is 5.69 Å². The molecule has 1 aromatic heterocycles. The van der Waals surface area contributed by atoms with Crippen molar-refractivity contribution in [2.45, 2.75) is 25.8 Å². The van der Waals surface area contributed by atoms with Gasteiger partial charge in [0.2, 0.25) is 11.8 Å². The third-order valence-electron chi connectivity index (χ3n) is 6.01. The first-order valence-electron chi connectivity index (χ1n) is 10.1. The molecular weight excluding hydrogens is 356 g/mol. The fourth-order valence-corrected chi connectivity index (χ4v) is 4.37. The molecule has 1 aliphatic heterocycles. The number of aromatic nitrogens is 1. The van der Waals surface area contributed by atoms with Gasteiger partial charge in [0.1, 0.15) is 6.54 Å². The van der Waals surface area contributed by atoms with Crippen molar-refractivity contribution >= 4 is 28.4 Å². The Bertz CT molecular complexity index is 856. The number of hydrogen-bond donors (Lipinski definition) is 2. The number of morpholine rings is 1. The molecule has 1 saturated heterocycles. The molecule has 0 unspecified atom stereocenters. The molecule has 0 spiro atoms. The van der Waals surface area contributed by atoms with Crippen molar-refractivity contribution in [3.63, 3.8) is 0 Å². The smallest absolute Gasteiger partial charge is 0.242 e. The maximum Gasteiger partial charge on any atom is 0.242 e. The van der Waals surface area contributed by atoms with Gasteiger partial charge in [0, 0.05) is 41.8 Å². The summed E-state index contributed by atoms with van der Waals surface area (Å²) in [5.74, 6) is 0.467. The van der Waals surface area contributed by atoms with Crippen molar-refractivity contribution in [2.75, 3.05) is 38.2 Å². The normalized spacial score (nSPS) is 22.5. The van der Waals surface area contributed by atoms with Gasteiger partial charge < -0.3 is 25.3 Å². The Morgan fingerprint density at radius 1 is 1.18 bits per heavy atom. The highest BCUT2D eigenvalue weighted by Gasteiger charge is 2.31. The minimum atomic E-state index is 0.0106. The summed E-state index contributed by atoms with van der Waals surface area (Å²) in [4.78, 5) is 27.0. The van der Waals surface area contributed by atoms with Gasteiger partial charge in [0.05, 0.1) is 13.2 Å². The molecule has 2 fully saturated rings. The van der Waals surface area contributed by atoms with Gasteiger partial charge in [-0.15, -0.1) is 0 Å². The van der Waals surface area contributed by atoms with Crippen LogP contribution >= 0.6 is 0 Å². The number of fused-ring (bicyclic) bond motifs is 1. The third-order valence-corrected chi connectivity index (χ3v) is 6.01. The van der Waals surface area contributed by atoms with Crippen LogP contribution in [0.3, 0.4) is 0 Å². The lowest BCUT2D eigenvalue weighted by molar-refractivity contribution is -0.135. The van der Waals surface area contributed by atoms with E-state index in [1.807, 2.05) is 39.9 Å². The van der Waals surface area contributed by atoms with Crippen LogP contribution in [0.25, 0.3) is 10.9 Å². The molecular formula is C21H28N4O3. The van der Waals surface area contributed by atoms with E-state index in [1.54, 1.807) is 0 Å². The largest absolute Gasteiger partial charge is 0.378 e. The Kier molecular flexibility index (Phi) is 5.64. The average Bonchev–Trinajstić information content (AvgIpc) is 3.35. The lowest BCUT2D eigenvalue weighted by Crippen LogP contribution is -2.42. The number of amides is 2. The van der Waals surface area contributed by atoms with Gasteiger partial charge in [0.15, 0.2) is 0 Å². The van der Waals surface area contributed by atoms with Crippen molar-refractivity contribution in [1.29, 1.82) is 0 Å². The lowest BCUT2D eigenvalue weighted by Gasteiger charge is -2.27. The monoisotopic (exact) mass is 384 g/mol. The molecule has 2 atom stereocenters. The Hall–Kier alpha value is -2.38. The van der Waals surface area contributed by atoms with Crippen LogP contribution in [0.5, 0.6) is 0 Å². The number of nitrogens with one attached hydrogen (secondary N) is 1. The predicted molar refractivity (Wildman–Crippen MR) is 108 cm³/mol. The van der Waals surface area contributed by atoms with Gasteiger partial charge in [0.25, 0.3) is 0 Å². The summed E-state index contributed by atoms with van der Waals surface area (Å²) >= 11 is 0. The molecule has 7 nitrogen and oxygen atoms in total. The maximum absolute atomic E-state index is 12.6. The lowest BCUT2D eigenvalue weighted by atomic mass is 9.95. The first kappa shape index (κ1) is 19.0. The molecule has 7 heteroatoms. The van der Waals surface area contributed by atoms with Gasteiger partial charge in [-0.3, -0.25) is 9.59 Å². The SMILES string of the molecule is NC[C@H]1CCC[C@H]1C(=O)Nc1ccc2c(ccn2CC(=O)N2CCOCC2)c1. The summed E-state index contributed by atoms with van der Waals surface area (Å²) in [7, 11) is 0. The standard InChI is InChI=1S/C21H28N4O3/c22-13-16-2-1-3-18(16)21(27)23-17-4-5-19-15(12-17)6-7-25(19)14-20(26)24-8-10-28-11-9-24/h4-7,12,16,18H,1-3,8-11,13-14,22H2,(H,23,27)/t16-,18-/m1/s1. The molecule has 1 saturated carbocycles. The molecule has 28 heavy (non-hydrogen) atoms.